The van der Waals surface area contributed by atoms with Crippen LogP contribution in [0.15, 0.2) is 48.8 Å². The zero-order valence-corrected chi connectivity index (χ0v) is 16.4. The summed E-state index contributed by atoms with van der Waals surface area (Å²) in [5, 5.41) is 5.90. The van der Waals surface area contributed by atoms with Crippen LogP contribution in [0.1, 0.15) is 36.8 Å². The monoisotopic (exact) mass is 380 g/mol. The fourth-order valence-corrected chi connectivity index (χ4v) is 3.45. The van der Waals surface area contributed by atoms with Gasteiger partial charge in [-0.15, -0.1) is 0 Å². The topological polar surface area (TPSA) is 74.3 Å². The molecule has 6 heteroatoms. The van der Waals surface area contributed by atoms with Crippen LogP contribution < -0.4 is 10.6 Å². The third-order valence-corrected chi connectivity index (χ3v) is 5.10. The van der Waals surface area contributed by atoms with E-state index in [2.05, 4.69) is 15.6 Å². The molecule has 2 N–H and O–H groups in total. The number of likely N-dealkylation sites (tertiary alicyclic amines) is 1. The molecule has 1 aliphatic heterocycles. The predicted molar refractivity (Wildman–Crippen MR) is 110 cm³/mol. The number of hydrogen-bond donors (Lipinski definition) is 2. The predicted octanol–water partition coefficient (Wildman–Crippen LogP) is 3.73. The molecule has 6 nitrogen and oxygen atoms in total. The number of anilines is 1. The highest BCUT2D eigenvalue weighted by molar-refractivity contribution is 5.89. The summed E-state index contributed by atoms with van der Waals surface area (Å²) in [5.41, 5.74) is 2.97. The summed E-state index contributed by atoms with van der Waals surface area (Å²) < 4.78 is 0. The molecule has 1 saturated heterocycles. The Morgan fingerprint density at radius 1 is 1.21 bits per heavy atom. The van der Waals surface area contributed by atoms with E-state index in [1.807, 2.05) is 48.2 Å². The third-order valence-electron chi connectivity index (χ3n) is 5.10. The van der Waals surface area contributed by atoms with Gasteiger partial charge in [-0.1, -0.05) is 23.8 Å². The number of benzene rings is 1. The minimum Gasteiger partial charge on any atom is -0.352 e. The first-order valence-corrected chi connectivity index (χ1v) is 9.88. The van der Waals surface area contributed by atoms with E-state index in [9.17, 15) is 9.59 Å². The molecule has 0 radical (unpaired) electrons. The van der Waals surface area contributed by atoms with Crippen molar-refractivity contribution in [3.05, 3.63) is 59.9 Å². The van der Waals surface area contributed by atoms with Crippen LogP contribution in [0.2, 0.25) is 0 Å². The summed E-state index contributed by atoms with van der Waals surface area (Å²) in [6.45, 7) is 3.99. The van der Waals surface area contributed by atoms with Crippen molar-refractivity contribution in [3.8, 4) is 0 Å². The van der Waals surface area contributed by atoms with Gasteiger partial charge in [-0.2, -0.15) is 0 Å². The molecule has 0 unspecified atom stereocenters. The minimum atomic E-state index is -0.0606. The third kappa shape index (κ3) is 6.08. The summed E-state index contributed by atoms with van der Waals surface area (Å²) in [6, 6.07) is 11.5. The van der Waals surface area contributed by atoms with E-state index in [0.717, 1.165) is 42.6 Å². The maximum Gasteiger partial charge on any atom is 0.321 e. The van der Waals surface area contributed by atoms with Crippen LogP contribution >= 0.6 is 0 Å². The minimum absolute atomic E-state index is 0.0464. The molecule has 3 rings (SSSR count). The quantitative estimate of drug-likeness (QED) is 0.802. The van der Waals surface area contributed by atoms with E-state index >= 15 is 0 Å². The molecule has 3 amide bonds. The van der Waals surface area contributed by atoms with Crippen LogP contribution in [-0.4, -0.2) is 34.9 Å². The lowest BCUT2D eigenvalue weighted by Gasteiger charge is -2.32. The summed E-state index contributed by atoms with van der Waals surface area (Å²) in [7, 11) is 0. The standard InChI is InChI=1S/C22H28N4O2/c1-17-6-9-20(10-7-17)25-22(28)26-13-3-5-18(16-26)8-11-21(27)24-15-19-4-2-12-23-14-19/h2,4,6-7,9-10,12,14,18H,3,5,8,11,13,15-16H2,1H3,(H,24,27)(H,25,28)/t18-/m0/s1. The second-order valence-electron chi connectivity index (χ2n) is 7.43. The molecule has 1 atom stereocenters. The number of nitrogens with zero attached hydrogens (tertiary/aromatic N) is 2. The van der Waals surface area contributed by atoms with Gasteiger partial charge in [-0.3, -0.25) is 9.78 Å². The number of amides is 3. The van der Waals surface area contributed by atoms with Gasteiger partial charge in [0.15, 0.2) is 0 Å². The number of nitrogens with one attached hydrogen (secondary N) is 2. The van der Waals surface area contributed by atoms with Crippen LogP contribution in [0.3, 0.4) is 0 Å². The van der Waals surface area contributed by atoms with Crippen LogP contribution in [0, 0.1) is 12.8 Å². The number of urea groups is 1. The highest BCUT2D eigenvalue weighted by atomic mass is 16.2. The SMILES string of the molecule is Cc1ccc(NC(=O)N2CCC[C@@H](CCC(=O)NCc3cccnc3)C2)cc1. The zero-order chi connectivity index (χ0) is 19.8. The molecule has 28 heavy (non-hydrogen) atoms. The lowest BCUT2D eigenvalue weighted by atomic mass is 9.93. The Balaban J connectivity index is 1.41. The fraction of sp³-hybridized carbons (Fsp3) is 0.409. The number of carbonyl (C=O) groups is 2. The van der Waals surface area contributed by atoms with Crippen LogP contribution in [-0.2, 0) is 11.3 Å². The van der Waals surface area contributed by atoms with Crippen molar-refractivity contribution in [3.63, 3.8) is 0 Å². The number of hydrogen-bond acceptors (Lipinski definition) is 3. The van der Waals surface area contributed by atoms with Gasteiger partial charge >= 0.3 is 6.03 Å². The number of aromatic nitrogens is 1. The molecule has 148 valence electrons. The van der Waals surface area contributed by atoms with Gasteiger partial charge in [0.05, 0.1) is 0 Å². The van der Waals surface area contributed by atoms with Crippen molar-refractivity contribution in [1.82, 2.24) is 15.2 Å². The second kappa shape index (κ2) is 9.88. The average molecular weight is 380 g/mol. The summed E-state index contributed by atoms with van der Waals surface area (Å²) in [5.74, 6) is 0.409. The molecule has 0 bridgehead atoms. The largest absolute Gasteiger partial charge is 0.352 e. The van der Waals surface area contributed by atoms with Crippen molar-refractivity contribution >= 4 is 17.6 Å². The Morgan fingerprint density at radius 3 is 2.79 bits per heavy atom. The van der Waals surface area contributed by atoms with E-state index in [-0.39, 0.29) is 11.9 Å². The van der Waals surface area contributed by atoms with Crippen LogP contribution in [0.4, 0.5) is 10.5 Å². The highest BCUT2D eigenvalue weighted by Gasteiger charge is 2.24. The summed E-state index contributed by atoms with van der Waals surface area (Å²) in [4.78, 5) is 30.6. The van der Waals surface area contributed by atoms with Crippen LogP contribution in [0.25, 0.3) is 0 Å². The Morgan fingerprint density at radius 2 is 2.04 bits per heavy atom. The first-order valence-electron chi connectivity index (χ1n) is 9.88. The Bertz CT molecular complexity index is 777. The van der Waals surface area contributed by atoms with Gasteiger partial charge in [0.25, 0.3) is 0 Å². The molecule has 0 saturated carbocycles. The first kappa shape index (κ1) is 19.9. The number of aryl methyl sites for hydroxylation is 1. The van der Waals surface area contributed by atoms with Gasteiger partial charge in [-0.05, 0) is 55.9 Å². The van der Waals surface area contributed by atoms with Gasteiger partial charge in [0.1, 0.15) is 0 Å². The normalized spacial score (nSPS) is 16.5. The number of carbonyl (C=O) groups excluding carboxylic acids is 2. The second-order valence-corrected chi connectivity index (χ2v) is 7.43. The van der Waals surface area contributed by atoms with Gasteiger partial charge in [0, 0.05) is 44.1 Å². The van der Waals surface area contributed by atoms with Crippen molar-refractivity contribution in [2.75, 3.05) is 18.4 Å². The first-order chi connectivity index (χ1) is 13.6. The van der Waals surface area contributed by atoms with E-state index in [4.69, 9.17) is 0 Å². The molecule has 0 aliphatic carbocycles. The van der Waals surface area contributed by atoms with Crippen molar-refractivity contribution < 1.29 is 9.59 Å². The molecular weight excluding hydrogens is 352 g/mol. The Kier molecular flexibility index (Phi) is 7.00. The van der Waals surface area contributed by atoms with Gasteiger partial charge in [-0.25, -0.2) is 4.79 Å². The number of pyridine rings is 1. The zero-order valence-electron chi connectivity index (χ0n) is 16.4. The van der Waals surface area contributed by atoms with Crippen molar-refractivity contribution in [1.29, 1.82) is 0 Å². The molecule has 1 aliphatic rings. The molecule has 1 aromatic carbocycles. The van der Waals surface area contributed by atoms with E-state index < -0.39 is 0 Å². The molecule has 0 spiro atoms. The van der Waals surface area contributed by atoms with Crippen LogP contribution in [0.5, 0.6) is 0 Å². The van der Waals surface area contributed by atoms with Gasteiger partial charge in [0.2, 0.25) is 5.91 Å². The average Bonchev–Trinajstić information content (AvgIpc) is 2.73. The molecule has 2 aromatic rings. The lowest BCUT2D eigenvalue weighted by molar-refractivity contribution is -0.121. The maximum atomic E-state index is 12.5. The smallest absolute Gasteiger partial charge is 0.321 e. The number of rotatable bonds is 6. The van der Waals surface area contributed by atoms with E-state index in [1.165, 1.54) is 0 Å². The summed E-state index contributed by atoms with van der Waals surface area (Å²) >= 11 is 0. The molecular formula is C22H28N4O2. The van der Waals surface area contributed by atoms with E-state index in [0.29, 0.717) is 25.4 Å². The fourth-order valence-electron chi connectivity index (χ4n) is 3.45. The van der Waals surface area contributed by atoms with Crippen molar-refractivity contribution in [2.24, 2.45) is 5.92 Å². The lowest BCUT2D eigenvalue weighted by Crippen LogP contribution is -2.42. The molecule has 2 heterocycles. The maximum absolute atomic E-state index is 12.5. The van der Waals surface area contributed by atoms with Crippen molar-refractivity contribution in [2.45, 2.75) is 39.2 Å². The van der Waals surface area contributed by atoms with Gasteiger partial charge < -0.3 is 15.5 Å². The van der Waals surface area contributed by atoms with E-state index in [1.54, 1.807) is 12.4 Å². The Hall–Kier alpha value is -2.89. The number of piperidine rings is 1. The molecule has 1 aromatic heterocycles. The Labute approximate surface area is 166 Å². The molecule has 1 fully saturated rings. The highest BCUT2D eigenvalue weighted by Crippen LogP contribution is 2.22. The summed E-state index contributed by atoms with van der Waals surface area (Å²) in [6.07, 6.45) is 6.79.